The number of ether oxygens (including phenoxy) is 1. The number of nitro groups is 1. The molecule has 0 unspecified atom stereocenters. The number of rotatable bonds is 5. The van der Waals surface area contributed by atoms with Crippen LogP contribution < -0.4 is 16.0 Å². The minimum absolute atomic E-state index is 0.0158. The second-order valence-corrected chi connectivity index (χ2v) is 5.29. The number of nitrogens with two attached hydrogens (primary N) is 1. The van der Waals surface area contributed by atoms with Crippen molar-refractivity contribution in [3.05, 3.63) is 58.1 Å². The molecule has 136 valence electrons. The molecule has 0 radical (unpaired) electrons. The number of hydrogen-bond donors (Lipinski definition) is 2. The van der Waals surface area contributed by atoms with Crippen LogP contribution >= 0.6 is 0 Å². The molecule has 9 heteroatoms. The number of anilines is 3. The third-order valence-corrected chi connectivity index (χ3v) is 3.54. The van der Waals surface area contributed by atoms with Crippen LogP contribution in [0.5, 0.6) is 0 Å². The molecule has 2 amide bonds. The van der Waals surface area contributed by atoms with Crippen molar-refractivity contribution in [2.24, 2.45) is 0 Å². The third-order valence-electron chi connectivity index (χ3n) is 3.54. The molecule has 0 fully saturated rings. The maximum Gasteiger partial charge on any atom is 0.413 e. The quantitative estimate of drug-likeness (QED) is 0.480. The van der Waals surface area contributed by atoms with Gasteiger partial charge in [0.25, 0.3) is 11.6 Å². The maximum atomic E-state index is 12.3. The van der Waals surface area contributed by atoms with Crippen LogP contribution in [-0.2, 0) is 4.74 Å². The number of nitro benzene ring substituents is 1. The Morgan fingerprint density at radius 1 is 1.23 bits per heavy atom. The number of carbonyl (C=O) groups is 2. The van der Waals surface area contributed by atoms with Crippen LogP contribution in [0.2, 0.25) is 0 Å². The lowest BCUT2D eigenvalue weighted by molar-refractivity contribution is -0.383. The summed E-state index contributed by atoms with van der Waals surface area (Å²) < 4.78 is 4.90. The summed E-state index contributed by atoms with van der Waals surface area (Å²) in [7, 11) is 1.57. The number of benzene rings is 2. The van der Waals surface area contributed by atoms with E-state index in [9.17, 15) is 19.7 Å². The van der Waals surface area contributed by atoms with Crippen molar-refractivity contribution < 1.29 is 19.2 Å². The van der Waals surface area contributed by atoms with Gasteiger partial charge >= 0.3 is 6.09 Å². The summed E-state index contributed by atoms with van der Waals surface area (Å²) in [4.78, 5) is 35.5. The predicted octanol–water partition coefficient (Wildman–Crippen LogP) is 3.02. The zero-order valence-electron chi connectivity index (χ0n) is 14.3. The lowest BCUT2D eigenvalue weighted by atomic mass is 10.1. The first-order valence-electron chi connectivity index (χ1n) is 7.69. The Morgan fingerprint density at radius 3 is 2.46 bits per heavy atom. The minimum Gasteiger partial charge on any atom is -0.449 e. The molecule has 9 nitrogen and oxygen atoms in total. The van der Waals surface area contributed by atoms with Gasteiger partial charge in [-0.1, -0.05) is 0 Å². The first-order valence-corrected chi connectivity index (χ1v) is 7.69. The largest absolute Gasteiger partial charge is 0.449 e. The Balaban J connectivity index is 2.11. The standard InChI is InChI=1S/C17H18N4O5/c1-3-26-17(23)20(2)13-7-5-12(6-8-13)19-16(22)11-4-9-14(18)15(10-11)21(24)25/h4-10H,3,18H2,1-2H3,(H,19,22). The molecule has 0 bridgehead atoms. The van der Waals surface area contributed by atoms with Crippen molar-refractivity contribution in [3.8, 4) is 0 Å². The summed E-state index contributed by atoms with van der Waals surface area (Å²) >= 11 is 0. The van der Waals surface area contributed by atoms with E-state index in [0.717, 1.165) is 6.07 Å². The highest BCUT2D eigenvalue weighted by Crippen LogP contribution is 2.23. The molecule has 2 rings (SSSR count). The highest BCUT2D eigenvalue weighted by atomic mass is 16.6. The zero-order valence-corrected chi connectivity index (χ0v) is 14.3. The van der Waals surface area contributed by atoms with Crippen molar-refractivity contribution in [3.63, 3.8) is 0 Å². The number of hydrogen-bond acceptors (Lipinski definition) is 6. The van der Waals surface area contributed by atoms with Crippen molar-refractivity contribution in [2.45, 2.75) is 6.92 Å². The number of carbonyl (C=O) groups excluding carboxylic acids is 2. The summed E-state index contributed by atoms with van der Waals surface area (Å²) in [5.41, 5.74) is 6.34. The number of nitrogens with one attached hydrogen (secondary N) is 1. The molecule has 0 aromatic heterocycles. The van der Waals surface area contributed by atoms with Crippen molar-refractivity contribution >= 4 is 34.7 Å². The molecule has 0 spiro atoms. The molecule has 0 heterocycles. The van der Waals surface area contributed by atoms with Crippen LogP contribution in [0.3, 0.4) is 0 Å². The summed E-state index contributed by atoms with van der Waals surface area (Å²) in [6, 6.07) is 10.3. The normalized spacial score (nSPS) is 10.1. The summed E-state index contributed by atoms with van der Waals surface area (Å²) in [5, 5.41) is 13.5. The Bertz CT molecular complexity index is 836. The van der Waals surface area contributed by atoms with Gasteiger partial charge in [-0.2, -0.15) is 0 Å². The van der Waals surface area contributed by atoms with Gasteiger partial charge in [-0.15, -0.1) is 0 Å². The monoisotopic (exact) mass is 358 g/mol. The molecule has 0 atom stereocenters. The number of nitrogens with zero attached hydrogens (tertiary/aromatic N) is 2. The van der Waals surface area contributed by atoms with E-state index >= 15 is 0 Å². The van der Waals surface area contributed by atoms with E-state index in [1.165, 1.54) is 17.0 Å². The maximum absolute atomic E-state index is 12.3. The Kier molecular flexibility index (Phi) is 5.74. The van der Waals surface area contributed by atoms with Crippen LogP contribution in [0.1, 0.15) is 17.3 Å². The zero-order chi connectivity index (χ0) is 19.3. The fraction of sp³-hybridized carbons (Fsp3) is 0.176. The van der Waals surface area contributed by atoms with Gasteiger partial charge < -0.3 is 15.8 Å². The van der Waals surface area contributed by atoms with Gasteiger partial charge in [0.15, 0.2) is 0 Å². The Hall–Kier alpha value is -3.62. The van der Waals surface area contributed by atoms with E-state index in [4.69, 9.17) is 10.5 Å². The van der Waals surface area contributed by atoms with Crippen LogP contribution in [0, 0.1) is 10.1 Å². The van der Waals surface area contributed by atoms with Crippen molar-refractivity contribution in [1.82, 2.24) is 0 Å². The Morgan fingerprint density at radius 2 is 1.88 bits per heavy atom. The molecule has 0 saturated heterocycles. The summed E-state index contributed by atoms with van der Waals surface area (Å²) in [5.74, 6) is -0.514. The van der Waals surface area contributed by atoms with Gasteiger partial charge in [-0.3, -0.25) is 19.8 Å². The highest BCUT2D eigenvalue weighted by Gasteiger charge is 2.16. The van der Waals surface area contributed by atoms with Gasteiger partial charge in [0, 0.05) is 30.1 Å². The second kappa shape index (κ2) is 7.97. The van der Waals surface area contributed by atoms with E-state index in [2.05, 4.69) is 5.32 Å². The molecule has 3 N–H and O–H groups in total. The molecule has 2 aromatic carbocycles. The second-order valence-electron chi connectivity index (χ2n) is 5.29. The van der Waals surface area contributed by atoms with E-state index in [0.29, 0.717) is 11.4 Å². The molecule has 26 heavy (non-hydrogen) atoms. The van der Waals surface area contributed by atoms with Crippen LogP contribution in [0.15, 0.2) is 42.5 Å². The van der Waals surface area contributed by atoms with Gasteiger partial charge in [-0.25, -0.2) is 4.79 Å². The molecule has 0 saturated carbocycles. The topological polar surface area (TPSA) is 128 Å². The van der Waals surface area contributed by atoms with E-state index in [1.807, 2.05) is 0 Å². The summed E-state index contributed by atoms with van der Waals surface area (Å²) in [6.07, 6.45) is -0.488. The number of nitrogen functional groups attached to an aromatic ring is 1. The van der Waals surface area contributed by atoms with Crippen LogP contribution in [0.25, 0.3) is 0 Å². The average Bonchev–Trinajstić information content (AvgIpc) is 2.62. The molecule has 0 aliphatic carbocycles. The van der Waals surface area contributed by atoms with Crippen LogP contribution in [0.4, 0.5) is 27.5 Å². The molecule has 0 aliphatic rings. The molecule has 0 aliphatic heterocycles. The fourth-order valence-electron chi connectivity index (χ4n) is 2.14. The lowest BCUT2D eigenvalue weighted by Crippen LogP contribution is -2.26. The van der Waals surface area contributed by atoms with Crippen molar-refractivity contribution in [2.75, 3.05) is 29.6 Å². The predicted molar refractivity (Wildman–Crippen MR) is 97.3 cm³/mol. The third kappa shape index (κ3) is 4.26. The van der Waals surface area contributed by atoms with Gasteiger partial charge in [0.1, 0.15) is 5.69 Å². The van der Waals surface area contributed by atoms with E-state index in [1.54, 1.807) is 38.2 Å². The van der Waals surface area contributed by atoms with Crippen LogP contribution in [-0.4, -0.2) is 30.6 Å². The van der Waals surface area contributed by atoms with Crippen molar-refractivity contribution in [1.29, 1.82) is 0 Å². The number of amides is 2. The first-order chi connectivity index (χ1) is 12.3. The molecular weight excluding hydrogens is 340 g/mol. The molecular formula is C17H18N4O5. The smallest absolute Gasteiger partial charge is 0.413 e. The van der Waals surface area contributed by atoms with E-state index < -0.39 is 16.9 Å². The fourth-order valence-corrected chi connectivity index (χ4v) is 2.14. The van der Waals surface area contributed by atoms with Gasteiger partial charge in [0.05, 0.1) is 11.5 Å². The minimum atomic E-state index is -0.647. The van der Waals surface area contributed by atoms with Gasteiger partial charge in [-0.05, 0) is 43.3 Å². The molecule has 2 aromatic rings. The lowest BCUT2D eigenvalue weighted by Gasteiger charge is -2.17. The van der Waals surface area contributed by atoms with Gasteiger partial charge in [0.2, 0.25) is 0 Å². The summed E-state index contributed by atoms with van der Waals surface area (Å²) in [6.45, 7) is 1.98. The highest BCUT2D eigenvalue weighted by molar-refractivity contribution is 6.05. The SMILES string of the molecule is CCOC(=O)N(C)c1ccc(NC(=O)c2ccc(N)c([N+](=O)[O-])c2)cc1. The first kappa shape index (κ1) is 18.7. The Labute approximate surface area is 149 Å². The average molecular weight is 358 g/mol. The van der Waals surface area contributed by atoms with E-state index in [-0.39, 0.29) is 23.5 Å².